The van der Waals surface area contributed by atoms with E-state index in [2.05, 4.69) is 16.7 Å². The molecule has 0 aliphatic rings. The molecule has 1 aromatic heterocycles. The summed E-state index contributed by atoms with van der Waals surface area (Å²) in [6, 6.07) is -0.529. The predicted octanol–water partition coefficient (Wildman–Crippen LogP) is 0.563. The molecule has 0 saturated heterocycles. The first kappa shape index (κ1) is 17.3. The first-order valence-corrected chi connectivity index (χ1v) is 8.04. The number of carbonyl (C=O) groups excluding carboxylic acids is 1. The highest BCUT2D eigenvalue weighted by Crippen LogP contribution is 2.07. The van der Waals surface area contributed by atoms with E-state index in [0.29, 0.717) is 6.54 Å². The van der Waals surface area contributed by atoms with Gasteiger partial charge in [-0.05, 0) is 13.8 Å². The highest BCUT2D eigenvalue weighted by atomic mass is 32.2. The highest BCUT2D eigenvalue weighted by Gasteiger charge is 2.23. The molecule has 0 fully saturated rings. The summed E-state index contributed by atoms with van der Waals surface area (Å²) < 4.78 is 29.4. The number of ether oxygens (including phenoxy) is 1. The molecule has 0 aliphatic carbocycles. The number of amides is 1. The summed E-state index contributed by atoms with van der Waals surface area (Å²) in [5.74, 6) is -0.234. The number of carbonyl (C=O) groups is 1. The second-order valence-corrected chi connectivity index (χ2v) is 6.60. The fraction of sp³-hybridized carbons (Fsp3) is 0.583. The van der Waals surface area contributed by atoms with Crippen LogP contribution in [-0.2, 0) is 14.6 Å². The molecule has 0 saturated carbocycles. The van der Waals surface area contributed by atoms with Gasteiger partial charge in [-0.25, -0.2) is 18.2 Å². The summed E-state index contributed by atoms with van der Waals surface area (Å²) in [6.45, 7) is 7.65. The number of nitrogens with zero attached hydrogens (tertiary/aromatic N) is 4. The molecule has 9 heteroatoms. The maximum atomic E-state index is 12.2. The van der Waals surface area contributed by atoms with Crippen molar-refractivity contribution in [1.29, 1.82) is 0 Å². The van der Waals surface area contributed by atoms with Gasteiger partial charge >= 0.3 is 6.03 Å². The summed E-state index contributed by atoms with van der Waals surface area (Å²) in [5, 5.41) is 3.38. The predicted molar refractivity (Wildman–Crippen MR) is 76.8 cm³/mol. The molecule has 118 valence electrons. The van der Waals surface area contributed by atoms with Gasteiger partial charge in [-0.3, -0.25) is 0 Å². The number of aromatic nitrogens is 3. The van der Waals surface area contributed by atoms with E-state index in [9.17, 15) is 13.2 Å². The smallest absolute Gasteiger partial charge is 0.346 e. The molecule has 8 nitrogen and oxygen atoms in total. The lowest BCUT2D eigenvalue weighted by atomic mass is 10.3. The molecule has 0 aliphatic heterocycles. The number of methoxy groups -OCH3 is 1. The van der Waals surface area contributed by atoms with Crippen molar-refractivity contribution in [1.82, 2.24) is 19.7 Å². The van der Waals surface area contributed by atoms with Crippen molar-refractivity contribution in [2.75, 3.05) is 26.0 Å². The summed E-state index contributed by atoms with van der Waals surface area (Å²) >= 11 is 0. The zero-order chi connectivity index (χ0) is 16.0. The molecule has 0 unspecified atom stereocenters. The normalized spacial score (nSPS) is 11.6. The van der Waals surface area contributed by atoms with Crippen LogP contribution in [-0.4, -0.2) is 66.2 Å². The Bertz CT molecular complexity index is 594. The Labute approximate surface area is 124 Å². The van der Waals surface area contributed by atoms with Crippen molar-refractivity contribution in [3.63, 3.8) is 0 Å². The summed E-state index contributed by atoms with van der Waals surface area (Å²) in [6.07, 6.45) is 2.69. The topological polar surface area (TPSA) is 94.4 Å². The summed E-state index contributed by atoms with van der Waals surface area (Å²) in [5.41, 5.74) is 0. The minimum absolute atomic E-state index is 0.0411. The van der Waals surface area contributed by atoms with Crippen molar-refractivity contribution in [3.8, 4) is 0 Å². The van der Waals surface area contributed by atoms with Crippen LogP contribution in [0.15, 0.2) is 24.1 Å². The summed E-state index contributed by atoms with van der Waals surface area (Å²) in [7, 11) is -2.25. The Hall–Kier alpha value is -1.74. The Morgan fingerprint density at radius 1 is 1.57 bits per heavy atom. The Kier molecular flexibility index (Phi) is 6.03. The molecule has 1 rings (SSSR count). The van der Waals surface area contributed by atoms with Gasteiger partial charge in [0, 0.05) is 19.7 Å². The molecule has 0 atom stereocenters. The lowest BCUT2D eigenvalue weighted by Gasteiger charge is -2.24. The Morgan fingerprint density at radius 3 is 2.76 bits per heavy atom. The quantitative estimate of drug-likeness (QED) is 0.682. The van der Waals surface area contributed by atoms with Gasteiger partial charge in [-0.1, -0.05) is 6.08 Å². The van der Waals surface area contributed by atoms with Crippen LogP contribution in [0.25, 0.3) is 0 Å². The van der Waals surface area contributed by atoms with Crippen LogP contribution in [0.1, 0.15) is 13.8 Å². The molecule has 0 aromatic carbocycles. The standard InChI is InChI=1S/C12H20N4O4S/c1-5-6-15(10(2)3)12(17)16-9-13-11(14-16)21(18,19)8-7-20-4/h5,9-10H,1,6-8H2,2-4H3. The van der Waals surface area contributed by atoms with E-state index in [1.807, 2.05) is 13.8 Å². The zero-order valence-corrected chi connectivity index (χ0v) is 13.2. The van der Waals surface area contributed by atoms with Crippen LogP contribution in [0, 0.1) is 0 Å². The Balaban J connectivity index is 2.97. The molecule has 1 aromatic rings. The van der Waals surface area contributed by atoms with Crippen LogP contribution >= 0.6 is 0 Å². The fourth-order valence-corrected chi connectivity index (χ4v) is 2.54. The van der Waals surface area contributed by atoms with Crippen molar-refractivity contribution >= 4 is 15.9 Å². The van der Waals surface area contributed by atoms with E-state index >= 15 is 0 Å². The van der Waals surface area contributed by atoms with E-state index < -0.39 is 15.9 Å². The number of hydrogen-bond acceptors (Lipinski definition) is 6. The fourth-order valence-electron chi connectivity index (χ4n) is 1.55. The molecular formula is C12H20N4O4S. The molecule has 1 amide bonds. The van der Waals surface area contributed by atoms with Gasteiger partial charge in [0.05, 0.1) is 12.4 Å². The molecule has 0 radical (unpaired) electrons. The van der Waals surface area contributed by atoms with Gasteiger partial charge in [0.15, 0.2) is 0 Å². The minimum Gasteiger partial charge on any atom is -0.384 e. The number of rotatable bonds is 7. The molecule has 1 heterocycles. The molecule has 0 bridgehead atoms. The van der Waals surface area contributed by atoms with Crippen molar-refractivity contribution in [3.05, 3.63) is 19.0 Å². The SMILES string of the molecule is C=CCN(C(=O)n1cnc(S(=O)(=O)CCOC)n1)C(C)C. The first-order valence-electron chi connectivity index (χ1n) is 6.38. The summed E-state index contributed by atoms with van der Waals surface area (Å²) in [4.78, 5) is 17.4. The maximum absolute atomic E-state index is 12.2. The number of sulfone groups is 1. The third-order valence-electron chi connectivity index (χ3n) is 2.70. The zero-order valence-electron chi connectivity index (χ0n) is 12.4. The van der Waals surface area contributed by atoms with Crippen molar-refractivity contribution < 1.29 is 17.9 Å². The van der Waals surface area contributed by atoms with E-state index in [1.165, 1.54) is 12.0 Å². The highest BCUT2D eigenvalue weighted by molar-refractivity contribution is 7.91. The average Bonchev–Trinajstić information content (AvgIpc) is 2.92. The molecule has 21 heavy (non-hydrogen) atoms. The van der Waals surface area contributed by atoms with Crippen molar-refractivity contribution in [2.45, 2.75) is 25.0 Å². The monoisotopic (exact) mass is 316 g/mol. The van der Waals surface area contributed by atoms with Gasteiger partial charge in [0.25, 0.3) is 5.16 Å². The molecule has 0 spiro atoms. The Morgan fingerprint density at radius 2 is 2.24 bits per heavy atom. The third kappa shape index (κ3) is 4.36. The third-order valence-corrected chi connectivity index (χ3v) is 4.14. The van der Waals surface area contributed by atoms with Crippen LogP contribution in [0.4, 0.5) is 4.79 Å². The van der Waals surface area contributed by atoms with E-state index in [1.54, 1.807) is 6.08 Å². The van der Waals surface area contributed by atoms with E-state index in [0.717, 1.165) is 11.0 Å². The minimum atomic E-state index is -3.65. The average molecular weight is 316 g/mol. The van der Waals surface area contributed by atoms with E-state index in [-0.39, 0.29) is 23.6 Å². The maximum Gasteiger partial charge on any atom is 0.346 e. The van der Waals surface area contributed by atoms with Gasteiger partial charge in [-0.2, -0.15) is 4.68 Å². The second kappa shape index (κ2) is 7.32. The lowest BCUT2D eigenvalue weighted by molar-refractivity contribution is 0.188. The van der Waals surface area contributed by atoms with Crippen LogP contribution < -0.4 is 0 Å². The first-order chi connectivity index (χ1) is 9.83. The van der Waals surface area contributed by atoms with Crippen LogP contribution in [0.3, 0.4) is 0 Å². The lowest BCUT2D eigenvalue weighted by Crippen LogP contribution is -2.40. The largest absolute Gasteiger partial charge is 0.384 e. The second-order valence-electron chi connectivity index (χ2n) is 4.60. The van der Waals surface area contributed by atoms with Crippen LogP contribution in [0.2, 0.25) is 0 Å². The molecular weight excluding hydrogens is 296 g/mol. The van der Waals surface area contributed by atoms with Crippen molar-refractivity contribution in [2.24, 2.45) is 0 Å². The van der Waals surface area contributed by atoms with Gasteiger partial charge in [0.2, 0.25) is 9.84 Å². The van der Waals surface area contributed by atoms with Gasteiger partial charge in [0.1, 0.15) is 6.33 Å². The molecule has 0 N–H and O–H groups in total. The van der Waals surface area contributed by atoms with Gasteiger partial charge < -0.3 is 9.64 Å². The number of hydrogen-bond donors (Lipinski definition) is 0. The van der Waals surface area contributed by atoms with Crippen LogP contribution in [0.5, 0.6) is 0 Å². The van der Waals surface area contributed by atoms with E-state index in [4.69, 9.17) is 4.74 Å². The van der Waals surface area contributed by atoms with Gasteiger partial charge in [-0.15, -0.1) is 11.7 Å².